The van der Waals surface area contributed by atoms with Crippen molar-refractivity contribution in [2.24, 2.45) is 0 Å². The van der Waals surface area contributed by atoms with E-state index in [0.717, 1.165) is 10.9 Å². The molecule has 3 atom stereocenters. The van der Waals surface area contributed by atoms with E-state index in [1.807, 2.05) is 16.7 Å². The Bertz CT molecular complexity index is 1810. The third-order valence-electron chi connectivity index (χ3n) is 7.86. The molecule has 1 saturated carbocycles. The number of carbonyl (C=O) groups excluding carboxylic acids is 1. The number of amides is 1. The number of halogens is 1. The summed E-state index contributed by atoms with van der Waals surface area (Å²) in [4.78, 5) is 22.3. The molecule has 7 rings (SSSR count). The van der Waals surface area contributed by atoms with Crippen molar-refractivity contribution in [3.05, 3.63) is 96.1 Å². The van der Waals surface area contributed by atoms with Crippen molar-refractivity contribution in [3.63, 3.8) is 0 Å². The molecule has 0 radical (unpaired) electrons. The van der Waals surface area contributed by atoms with Crippen LogP contribution >= 0.6 is 0 Å². The topological polar surface area (TPSA) is 124 Å². The van der Waals surface area contributed by atoms with Crippen LogP contribution in [0.5, 0.6) is 11.5 Å². The number of rotatable bonds is 7. The minimum atomic E-state index is -1.57. The van der Waals surface area contributed by atoms with Crippen LogP contribution in [0.4, 0.5) is 4.39 Å². The average molecular weight is 553 g/mol. The van der Waals surface area contributed by atoms with Crippen LogP contribution in [0.15, 0.2) is 73.4 Å². The number of aromatic nitrogens is 5. The lowest BCUT2D eigenvalue weighted by atomic mass is 9.94. The zero-order valence-corrected chi connectivity index (χ0v) is 22.2. The highest BCUT2D eigenvalue weighted by Crippen LogP contribution is 2.61. The van der Waals surface area contributed by atoms with Crippen LogP contribution in [0.25, 0.3) is 22.2 Å². The van der Waals surface area contributed by atoms with E-state index >= 15 is 0 Å². The Morgan fingerprint density at radius 2 is 2.00 bits per heavy atom. The van der Waals surface area contributed by atoms with Gasteiger partial charge in [-0.15, -0.1) is 10.2 Å². The minimum absolute atomic E-state index is 0.127. The van der Waals surface area contributed by atoms with Gasteiger partial charge >= 0.3 is 0 Å². The second kappa shape index (κ2) is 9.07. The maximum atomic E-state index is 13.8. The van der Waals surface area contributed by atoms with Crippen LogP contribution in [0.1, 0.15) is 35.0 Å². The SMILES string of the molecule is COc1cc(C(=O)NCC(C)(O)c2cc3c(c(-c4ccc(F)cc4)n2)OC2C[C@@]32n2cnnc2)cc2cccnc12. The van der Waals surface area contributed by atoms with Gasteiger partial charge in [-0.3, -0.25) is 9.78 Å². The molecule has 3 aromatic heterocycles. The van der Waals surface area contributed by atoms with Crippen LogP contribution in [0.3, 0.4) is 0 Å². The van der Waals surface area contributed by atoms with Gasteiger partial charge in [0.15, 0.2) is 5.75 Å². The van der Waals surface area contributed by atoms with E-state index in [1.54, 1.807) is 56.1 Å². The van der Waals surface area contributed by atoms with Crippen molar-refractivity contribution in [1.82, 2.24) is 30.0 Å². The Kier molecular flexibility index (Phi) is 5.55. The molecule has 1 aliphatic heterocycles. The van der Waals surface area contributed by atoms with Crippen LogP contribution in [-0.4, -0.2) is 55.5 Å². The zero-order valence-electron chi connectivity index (χ0n) is 22.2. The van der Waals surface area contributed by atoms with E-state index in [2.05, 4.69) is 20.5 Å². The van der Waals surface area contributed by atoms with Gasteiger partial charge in [-0.25, -0.2) is 9.37 Å². The van der Waals surface area contributed by atoms with Gasteiger partial charge in [-0.1, -0.05) is 6.07 Å². The van der Waals surface area contributed by atoms with Crippen molar-refractivity contribution >= 4 is 16.8 Å². The largest absolute Gasteiger partial charge is 0.494 e. The second-order valence-corrected chi connectivity index (χ2v) is 10.6. The van der Waals surface area contributed by atoms with E-state index in [1.165, 1.54) is 19.2 Å². The number of nitrogens with zero attached hydrogens (tertiary/aromatic N) is 5. The van der Waals surface area contributed by atoms with Crippen LogP contribution in [-0.2, 0) is 11.1 Å². The molecule has 2 aliphatic rings. The van der Waals surface area contributed by atoms with Crippen molar-refractivity contribution in [2.75, 3.05) is 13.7 Å². The molecular weight excluding hydrogens is 527 g/mol. The van der Waals surface area contributed by atoms with Gasteiger partial charge in [0.2, 0.25) is 0 Å². The molecule has 2 N–H and O–H groups in total. The molecule has 2 aromatic carbocycles. The fourth-order valence-corrected chi connectivity index (χ4v) is 5.55. The first-order chi connectivity index (χ1) is 19.8. The molecule has 0 saturated heterocycles. The van der Waals surface area contributed by atoms with E-state index in [-0.39, 0.29) is 24.4 Å². The monoisotopic (exact) mass is 552 g/mol. The lowest BCUT2D eigenvalue weighted by molar-refractivity contribution is 0.0489. The number of carbonyl (C=O) groups is 1. The molecule has 5 aromatic rings. The molecule has 11 heteroatoms. The highest BCUT2D eigenvalue weighted by atomic mass is 19.1. The third-order valence-corrected chi connectivity index (χ3v) is 7.86. The predicted octanol–water partition coefficient (Wildman–Crippen LogP) is 3.58. The Morgan fingerprint density at radius 3 is 2.76 bits per heavy atom. The number of pyridine rings is 2. The lowest BCUT2D eigenvalue weighted by Crippen LogP contribution is -2.39. The van der Waals surface area contributed by atoms with Gasteiger partial charge in [-0.05, 0) is 55.5 Å². The molecule has 0 bridgehead atoms. The molecule has 41 heavy (non-hydrogen) atoms. The molecule has 206 valence electrons. The Labute approximate surface area is 233 Å². The molecular formula is C30H25FN6O4. The molecule has 1 aliphatic carbocycles. The number of hydrogen-bond donors (Lipinski definition) is 2. The number of fused-ring (bicyclic) bond motifs is 4. The molecule has 4 heterocycles. The maximum Gasteiger partial charge on any atom is 0.251 e. The summed E-state index contributed by atoms with van der Waals surface area (Å²) in [6.45, 7) is 1.46. The van der Waals surface area contributed by atoms with Gasteiger partial charge in [-0.2, -0.15) is 0 Å². The summed E-state index contributed by atoms with van der Waals surface area (Å²) < 4.78 is 27.4. The zero-order chi connectivity index (χ0) is 28.4. The van der Waals surface area contributed by atoms with Crippen molar-refractivity contribution in [3.8, 4) is 22.8 Å². The number of hydrogen-bond acceptors (Lipinski definition) is 8. The summed E-state index contributed by atoms with van der Waals surface area (Å²) >= 11 is 0. The predicted molar refractivity (Wildman–Crippen MR) is 146 cm³/mol. The maximum absolute atomic E-state index is 13.8. The number of benzene rings is 2. The van der Waals surface area contributed by atoms with Gasteiger partial charge in [0.05, 0.1) is 19.3 Å². The molecule has 0 spiro atoms. The van der Waals surface area contributed by atoms with Crippen LogP contribution < -0.4 is 14.8 Å². The van der Waals surface area contributed by atoms with E-state index in [9.17, 15) is 14.3 Å². The fourth-order valence-electron chi connectivity index (χ4n) is 5.55. The summed E-state index contributed by atoms with van der Waals surface area (Å²) in [5, 5.41) is 23.2. The summed E-state index contributed by atoms with van der Waals surface area (Å²) in [5.41, 5.74) is 1.20. The third kappa shape index (κ3) is 4.00. The van der Waals surface area contributed by atoms with E-state index in [4.69, 9.17) is 14.5 Å². The van der Waals surface area contributed by atoms with E-state index < -0.39 is 11.1 Å². The smallest absolute Gasteiger partial charge is 0.251 e. The lowest BCUT2D eigenvalue weighted by Gasteiger charge is -2.26. The first kappa shape index (κ1) is 25.1. The Morgan fingerprint density at radius 1 is 1.22 bits per heavy atom. The molecule has 2 unspecified atom stereocenters. The van der Waals surface area contributed by atoms with Crippen molar-refractivity contribution in [2.45, 2.75) is 30.6 Å². The highest BCUT2D eigenvalue weighted by Gasteiger charge is 2.66. The first-order valence-corrected chi connectivity index (χ1v) is 13.1. The van der Waals surface area contributed by atoms with Crippen LogP contribution in [0.2, 0.25) is 0 Å². The Hall–Kier alpha value is -4.90. The number of methoxy groups -OCH3 is 1. The average Bonchev–Trinajstić information content (AvgIpc) is 3.30. The first-order valence-electron chi connectivity index (χ1n) is 13.1. The summed E-state index contributed by atoms with van der Waals surface area (Å²) in [6.07, 6.45) is 5.51. The molecule has 1 fully saturated rings. The van der Waals surface area contributed by atoms with Gasteiger partial charge in [0.1, 0.15) is 52.7 Å². The number of nitrogens with one attached hydrogen (secondary N) is 1. The Balaban J connectivity index is 1.24. The normalized spacial score (nSPS) is 20.0. The van der Waals surface area contributed by atoms with Gasteiger partial charge in [0, 0.05) is 34.7 Å². The van der Waals surface area contributed by atoms with Crippen molar-refractivity contribution < 1.29 is 23.8 Å². The minimum Gasteiger partial charge on any atom is -0.494 e. The highest BCUT2D eigenvalue weighted by molar-refractivity contribution is 5.99. The number of aliphatic hydroxyl groups is 1. The van der Waals surface area contributed by atoms with Crippen molar-refractivity contribution in [1.29, 1.82) is 0 Å². The standard InChI is InChI=1S/C30H25FN6O4/c1-29(39,14-33-28(38)19-10-18-4-3-9-32-25(18)22(11-19)40-2)23-12-21-27(26(36-23)17-5-7-20(31)8-6-17)41-24-13-30(21,24)37-15-34-35-16-37/h3-12,15-16,24,39H,13-14H2,1-2H3,(H,33,38)/t24?,29?,30-/m1/s1. The molecule has 10 nitrogen and oxygen atoms in total. The number of ether oxygens (including phenoxy) is 2. The second-order valence-electron chi connectivity index (χ2n) is 10.6. The van der Waals surface area contributed by atoms with Gasteiger partial charge in [0.25, 0.3) is 5.91 Å². The summed E-state index contributed by atoms with van der Waals surface area (Å²) in [7, 11) is 1.52. The summed E-state index contributed by atoms with van der Waals surface area (Å²) in [6, 6.07) is 14.7. The van der Waals surface area contributed by atoms with Crippen LogP contribution in [0, 0.1) is 5.82 Å². The summed E-state index contributed by atoms with van der Waals surface area (Å²) in [5.74, 6) is 0.285. The molecule has 1 amide bonds. The fraction of sp³-hybridized carbons (Fsp3) is 0.233. The van der Waals surface area contributed by atoms with Gasteiger partial charge < -0.3 is 24.5 Å². The van der Waals surface area contributed by atoms with E-state index in [0.29, 0.717) is 46.0 Å². The quantitative estimate of drug-likeness (QED) is 0.314.